The number of aliphatic hydroxyl groups excluding tert-OH is 1. The van der Waals surface area contributed by atoms with Crippen LogP contribution in [0.5, 0.6) is 0 Å². The molecule has 0 spiro atoms. The van der Waals surface area contributed by atoms with Crippen LogP contribution in [0.4, 0.5) is 5.95 Å². The average Bonchev–Trinajstić information content (AvgIpc) is 2.93. The SMILES string of the molecule is O=C(CN(CCO)CC1CCCN1)Nc1ncccn1. The van der Waals surface area contributed by atoms with Gasteiger partial charge in [0.05, 0.1) is 13.2 Å². The standard InChI is InChI=1S/C13H21N5O2/c19-8-7-18(9-11-3-1-4-14-11)10-12(20)17-13-15-5-2-6-16-13/h2,5-6,11,14,19H,1,3-4,7-10H2,(H,15,16,17,20). The number of amides is 1. The fourth-order valence-corrected chi connectivity index (χ4v) is 2.33. The molecule has 1 aliphatic heterocycles. The Bertz CT molecular complexity index is 408. The summed E-state index contributed by atoms with van der Waals surface area (Å²) in [6, 6.07) is 2.10. The van der Waals surface area contributed by atoms with Crippen LogP contribution in [0.25, 0.3) is 0 Å². The van der Waals surface area contributed by atoms with E-state index in [4.69, 9.17) is 5.11 Å². The van der Waals surface area contributed by atoms with Crippen LogP contribution >= 0.6 is 0 Å². The average molecular weight is 279 g/mol. The van der Waals surface area contributed by atoms with Crippen LogP contribution in [-0.2, 0) is 4.79 Å². The molecular formula is C13H21N5O2. The zero-order valence-corrected chi connectivity index (χ0v) is 11.5. The molecule has 3 N–H and O–H groups in total. The lowest BCUT2D eigenvalue weighted by atomic mass is 10.2. The summed E-state index contributed by atoms with van der Waals surface area (Å²) in [5.74, 6) is 0.142. The summed E-state index contributed by atoms with van der Waals surface area (Å²) in [5, 5.41) is 15.1. The molecule has 1 fully saturated rings. The number of aliphatic hydroxyl groups is 1. The van der Waals surface area contributed by atoms with Crippen molar-refractivity contribution in [2.24, 2.45) is 0 Å². The zero-order chi connectivity index (χ0) is 14.2. The van der Waals surface area contributed by atoms with Crippen molar-refractivity contribution in [1.82, 2.24) is 20.2 Å². The normalized spacial score (nSPS) is 18.4. The highest BCUT2D eigenvalue weighted by Gasteiger charge is 2.19. The summed E-state index contributed by atoms with van der Waals surface area (Å²) < 4.78 is 0. The van der Waals surface area contributed by atoms with Gasteiger partial charge in [-0.1, -0.05) is 0 Å². The summed E-state index contributed by atoms with van der Waals surface area (Å²) in [6.45, 7) is 2.56. The van der Waals surface area contributed by atoms with Gasteiger partial charge in [-0.2, -0.15) is 0 Å². The van der Waals surface area contributed by atoms with Crippen molar-refractivity contribution in [3.8, 4) is 0 Å². The van der Waals surface area contributed by atoms with Gasteiger partial charge in [-0.15, -0.1) is 0 Å². The van der Waals surface area contributed by atoms with Gasteiger partial charge in [0.2, 0.25) is 11.9 Å². The van der Waals surface area contributed by atoms with Gasteiger partial charge in [-0.25, -0.2) is 9.97 Å². The maximum atomic E-state index is 11.9. The quantitative estimate of drug-likeness (QED) is 0.621. The van der Waals surface area contributed by atoms with Gasteiger partial charge in [-0.05, 0) is 25.5 Å². The van der Waals surface area contributed by atoms with E-state index in [9.17, 15) is 4.79 Å². The third-order valence-electron chi connectivity index (χ3n) is 3.24. The van der Waals surface area contributed by atoms with E-state index in [1.54, 1.807) is 18.5 Å². The van der Waals surface area contributed by atoms with Crippen molar-refractivity contribution in [2.45, 2.75) is 18.9 Å². The number of carbonyl (C=O) groups is 1. The second kappa shape index (κ2) is 7.88. The van der Waals surface area contributed by atoms with Crippen molar-refractivity contribution in [3.63, 3.8) is 0 Å². The van der Waals surface area contributed by atoms with E-state index >= 15 is 0 Å². The van der Waals surface area contributed by atoms with Gasteiger partial charge in [0.1, 0.15) is 0 Å². The molecule has 1 aromatic rings. The van der Waals surface area contributed by atoms with Crippen LogP contribution in [-0.4, -0.2) is 64.7 Å². The van der Waals surface area contributed by atoms with E-state index in [0.29, 0.717) is 18.5 Å². The maximum Gasteiger partial charge on any atom is 0.240 e. The van der Waals surface area contributed by atoms with E-state index in [-0.39, 0.29) is 19.1 Å². The Balaban J connectivity index is 1.81. The topological polar surface area (TPSA) is 90.4 Å². The predicted octanol–water partition coefficient (Wildman–Crippen LogP) is -0.539. The molecule has 1 atom stereocenters. The first kappa shape index (κ1) is 14.8. The van der Waals surface area contributed by atoms with Crippen LogP contribution in [0.15, 0.2) is 18.5 Å². The van der Waals surface area contributed by atoms with E-state index in [2.05, 4.69) is 20.6 Å². The predicted molar refractivity (Wildman–Crippen MR) is 75.2 cm³/mol. The monoisotopic (exact) mass is 279 g/mol. The highest BCUT2D eigenvalue weighted by Crippen LogP contribution is 2.07. The highest BCUT2D eigenvalue weighted by atomic mass is 16.3. The largest absolute Gasteiger partial charge is 0.395 e. The number of nitrogens with zero attached hydrogens (tertiary/aromatic N) is 3. The van der Waals surface area contributed by atoms with Crippen molar-refractivity contribution in [1.29, 1.82) is 0 Å². The third-order valence-corrected chi connectivity index (χ3v) is 3.24. The van der Waals surface area contributed by atoms with Gasteiger partial charge in [0, 0.05) is 31.5 Å². The minimum Gasteiger partial charge on any atom is -0.395 e. The lowest BCUT2D eigenvalue weighted by molar-refractivity contribution is -0.117. The van der Waals surface area contributed by atoms with Crippen LogP contribution in [0.1, 0.15) is 12.8 Å². The minimum absolute atomic E-state index is 0.0435. The van der Waals surface area contributed by atoms with Gasteiger partial charge in [0.25, 0.3) is 0 Å². The fourth-order valence-electron chi connectivity index (χ4n) is 2.33. The summed E-state index contributed by atoms with van der Waals surface area (Å²) in [5.41, 5.74) is 0. The number of anilines is 1. The maximum absolute atomic E-state index is 11.9. The molecule has 0 saturated carbocycles. The van der Waals surface area contributed by atoms with Crippen molar-refractivity contribution >= 4 is 11.9 Å². The van der Waals surface area contributed by atoms with Crippen LogP contribution in [0.2, 0.25) is 0 Å². The number of rotatable bonds is 7. The molecule has 1 amide bonds. The molecule has 0 radical (unpaired) electrons. The molecule has 20 heavy (non-hydrogen) atoms. The Labute approximate surface area is 118 Å². The van der Waals surface area contributed by atoms with Crippen LogP contribution in [0.3, 0.4) is 0 Å². The number of carbonyl (C=O) groups excluding carboxylic acids is 1. The zero-order valence-electron chi connectivity index (χ0n) is 11.5. The molecule has 110 valence electrons. The second-order valence-corrected chi connectivity index (χ2v) is 4.87. The van der Waals surface area contributed by atoms with Gasteiger partial charge in [-0.3, -0.25) is 15.0 Å². The van der Waals surface area contributed by atoms with Crippen molar-refractivity contribution in [3.05, 3.63) is 18.5 Å². The first-order chi connectivity index (χ1) is 9.78. The lowest BCUT2D eigenvalue weighted by Crippen LogP contribution is -2.42. The Hall–Kier alpha value is -1.57. The van der Waals surface area contributed by atoms with Gasteiger partial charge in [0.15, 0.2) is 0 Å². The third kappa shape index (κ3) is 4.84. The number of nitrogens with one attached hydrogen (secondary N) is 2. The molecule has 2 heterocycles. The summed E-state index contributed by atoms with van der Waals surface area (Å²) in [4.78, 5) is 21.8. The van der Waals surface area contributed by atoms with Crippen molar-refractivity contribution < 1.29 is 9.90 Å². The molecule has 1 aromatic heterocycles. The molecular weight excluding hydrogens is 258 g/mol. The second-order valence-electron chi connectivity index (χ2n) is 4.87. The minimum atomic E-state index is -0.164. The molecule has 0 aromatic carbocycles. The lowest BCUT2D eigenvalue weighted by Gasteiger charge is -2.24. The first-order valence-corrected chi connectivity index (χ1v) is 6.91. The molecule has 7 heteroatoms. The first-order valence-electron chi connectivity index (χ1n) is 6.91. The number of hydrogen-bond acceptors (Lipinski definition) is 6. The fraction of sp³-hybridized carbons (Fsp3) is 0.615. The molecule has 1 aliphatic rings. The molecule has 1 unspecified atom stereocenters. The smallest absolute Gasteiger partial charge is 0.240 e. The van der Waals surface area contributed by atoms with Crippen LogP contribution in [0, 0.1) is 0 Å². The molecule has 0 bridgehead atoms. The summed E-state index contributed by atoms with van der Waals surface area (Å²) in [6.07, 6.45) is 5.44. The van der Waals surface area contributed by atoms with E-state index in [1.807, 2.05) is 4.90 Å². The van der Waals surface area contributed by atoms with Gasteiger partial charge >= 0.3 is 0 Å². The molecule has 2 rings (SSSR count). The molecule has 7 nitrogen and oxygen atoms in total. The Morgan fingerprint density at radius 1 is 1.50 bits per heavy atom. The van der Waals surface area contributed by atoms with E-state index in [0.717, 1.165) is 19.5 Å². The summed E-state index contributed by atoms with van der Waals surface area (Å²) in [7, 11) is 0. The molecule has 0 aliphatic carbocycles. The van der Waals surface area contributed by atoms with Crippen LogP contribution < -0.4 is 10.6 Å². The number of hydrogen-bond donors (Lipinski definition) is 3. The molecule has 1 saturated heterocycles. The van der Waals surface area contributed by atoms with Gasteiger partial charge < -0.3 is 10.4 Å². The van der Waals surface area contributed by atoms with E-state index in [1.165, 1.54) is 6.42 Å². The van der Waals surface area contributed by atoms with Crippen molar-refractivity contribution in [2.75, 3.05) is 38.1 Å². The van der Waals surface area contributed by atoms with E-state index < -0.39 is 0 Å². The Morgan fingerprint density at radius 2 is 2.30 bits per heavy atom. The highest BCUT2D eigenvalue weighted by molar-refractivity contribution is 5.90. The number of aromatic nitrogens is 2. The Kier molecular flexibility index (Phi) is 5.85. The Morgan fingerprint density at radius 3 is 2.95 bits per heavy atom. The summed E-state index contributed by atoms with van der Waals surface area (Å²) >= 11 is 0.